The molecule has 0 amide bonds. The van der Waals surface area contributed by atoms with Gasteiger partial charge in [-0.3, -0.25) is 4.79 Å². The van der Waals surface area contributed by atoms with E-state index in [-0.39, 0.29) is 5.56 Å². The minimum absolute atomic E-state index is 0.0833. The molecular formula is C8H14N2O. The van der Waals surface area contributed by atoms with Crippen molar-refractivity contribution in [2.45, 2.75) is 13.8 Å². The van der Waals surface area contributed by atoms with Gasteiger partial charge in [0.15, 0.2) is 0 Å². The lowest BCUT2D eigenvalue weighted by atomic mass is 10.4. The minimum atomic E-state index is -0.0833. The summed E-state index contributed by atoms with van der Waals surface area (Å²) >= 11 is 0. The van der Waals surface area contributed by atoms with Crippen molar-refractivity contribution in [1.82, 2.24) is 4.98 Å². The molecule has 11 heavy (non-hydrogen) atoms. The Bertz CT molecular complexity index is 242. The summed E-state index contributed by atoms with van der Waals surface area (Å²) in [6, 6.07) is 3.49. The highest BCUT2D eigenvalue weighted by Gasteiger charge is 1.89. The topological polar surface area (TPSA) is 44.9 Å². The zero-order valence-electron chi connectivity index (χ0n) is 7.14. The van der Waals surface area contributed by atoms with Gasteiger partial charge < -0.3 is 10.3 Å². The van der Waals surface area contributed by atoms with Crippen molar-refractivity contribution in [3.8, 4) is 0 Å². The Morgan fingerprint density at radius 1 is 1.45 bits per heavy atom. The Balaban J connectivity index is 0.000000461. The van der Waals surface area contributed by atoms with E-state index >= 15 is 0 Å². The summed E-state index contributed by atoms with van der Waals surface area (Å²) < 4.78 is 0. The van der Waals surface area contributed by atoms with Crippen molar-refractivity contribution in [2.75, 3.05) is 12.4 Å². The van der Waals surface area contributed by atoms with Gasteiger partial charge in [-0.05, 0) is 12.1 Å². The zero-order chi connectivity index (χ0) is 8.69. The molecule has 0 saturated carbocycles. The van der Waals surface area contributed by atoms with Gasteiger partial charge in [0, 0.05) is 13.2 Å². The molecule has 0 spiro atoms. The molecule has 3 nitrogen and oxygen atoms in total. The van der Waals surface area contributed by atoms with Gasteiger partial charge in [-0.15, -0.1) is 0 Å². The van der Waals surface area contributed by atoms with Crippen LogP contribution in [0.1, 0.15) is 13.8 Å². The Morgan fingerprint density at radius 2 is 2.09 bits per heavy atom. The molecule has 3 heteroatoms. The van der Waals surface area contributed by atoms with Crippen LogP contribution in [0.2, 0.25) is 0 Å². The van der Waals surface area contributed by atoms with Crippen molar-refractivity contribution < 1.29 is 0 Å². The van der Waals surface area contributed by atoms with Crippen LogP contribution in [0.3, 0.4) is 0 Å². The normalized spacial score (nSPS) is 7.91. The molecule has 2 N–H and O–H groups in total. The standard InChI is InChI=1S/C6H8N2O.C2H6/c1-7-5-3-2-4-8-6(5)9;1-2/h2-4,7H,1H3,(H,8,9);1-2H3. The largest absolute Gasteiger partial charge is 0.384 e. The van der Waals surface area contributed by atoms with E-state index in [4.69, 9.17) is 0 Å². The molecule has 1 heterocycles. The quantitative estimate of drug-likeness (QED) is 0.643. The van der Waals surface area contributed by atoms with E-state index in [1.165, 1.54) is 0 Å². The average molecular weight is 154 g/mol. The van der Waals surface area contributed by atoms with Crippen LogP contribution < -0.4 is 10.9 Å². The molecular weight excluding hydrogens is 140 g/mol. The van der Waals surface area contributed by atoms with Crippen LogP contribution in [0.5, 0.6) is 0 Å². The number of pyridine rings is 1. The van der Waals surface area contributed by atoms with Crippen LogP contribution in [-0.4, -0.2) is 12.0 Å². The van der Waals surface area contributed by atoms with E-state index in [1.54, 1.807) is 25.4 Å². The molecule has 0 aliphatic heterocycles. The number of aromatic amines is 1. The first-order valence-electron chi connectivity index (χ1n) is 3.70. The second-order valence-corrected chi connectivity index (χ2v) is 1.66. The summed E-state index contributed by atoms with van der Waals surface area (Å²) in [7, 11) is 1.71. The summed E-state index contributed by atoms with van der Waals surface area (Å²) in [4.78, 5) is 13.3. The second kappa shape index (κ2) is 5.53. The molecule has 62 valence electrons. The van der Waals surface area contributed by atoms with E-state index < -0.39 is 0 Å². The maximum Gasteiger partial charge on any atom is 0.271 e. The zero-order valence-corrected chi connectivity index (χ0v) is 7.14. The molecule has 1 aromatic rings. The Hall–Kier alpha value is -1.25. The SMILES string of the molecule is CC.CNc1ccc[nH]c1=O. The summed E-state index contributed by atoms with van der Waals surface area (Å²) in [6.07, 6.45) is 1.60. The van der Waals surface area contributed by atoms with Crippen molar-refractivity contribution in [1.29, 1.82) is 0 Å². The molecule has 1 rings (SSSR count). The first kappa shape index (κ1) is 9.75. The smallest absolute Gasteiger partial charge is 0.271 e. The fourth-order valence-corrected chi connectivity index (χ4v) is 0.618. The summed E-state index contributed by atoms with van der Waals surface area (Å²) in [5.41, 5.74) is 0.512. The molecule has 0 aromatic carbocycles. The first-order valence-corrected chi connectivity index (χ1v) is 3.70. The van der Waals surface area contributed by atoms with Gasteiger partial charge in [0.25, 0.3) is 5.56 Å². The van der Waals surface area contributed by atoms with E-state index in [9.17, 15) is 4.79 Å². The molecule has 0 fully saturated rings. The maximum atomic E-state index is 10.7. The van der Waals surface area contributed by atoms with Crippen molar-refractivity contribution in [3.05, 3.63) is 28.7 Å². The molecule has 1 aromatic heterocycles. The van der Waals surface area contributed by atoms with Crippen molar-refractivity contribution in [2.24, 2.45) is 0 Å². The Labute approximate surface area is 66.5 Å². The monoisotopic (exact) mass is 154 g/mol. The molecule has 0 bridgehead atoms. The van der Waals surface area contributed by atoms with E-state index in [1.807, 2.05) is 13.8 Å². The highest BCUT2D eigenvalue weighted by molar-refractivity contribution is 5.38. The minimum Gasteiger partial charge on any atom is -0.384 e. The number of aromatic nitrogens is 1. The van der Waals surface area contributed by atoms with Gasteiger partial charge in [0.2, 0.25) is 0 Å². The second-order valence-electron chi connectivity index (χ2n) is 1.66. The Morgan fingerprint density at radius 3 is 2.45 bits per heavy atom. The van der Waals surface area contributed by atoms with Crippen LogP contribution in [0.4, 0.5) is 5.69 Å². The third-order valence-electron chi connectivity index (χ3n) is 1.09. The van der Waals surface area contributed by atoms with Gasteiger partial charge >= 0.3 is 0 Å². The van der Waals surface area contributed by atoms with Crippen LogP contribution >= 0.6 is 0 Å². The van der Waals surface area contributed by atoms with E-state index in [0.29, 0.717) is 5.69 Å². The van der Waals surface area contributed by atoms with Gasteiger partial charge in [0.05, 0.1) is 0 Å². The fraction of sp³-hybridized carbons (Fsp3) is 0.375. The third-order valence-corrected chi connectivity index (χ3v) is 1.09. The number of hydrogen-bond acceptors (Lipinski definition) is 2. The van der Waals surface area contributed by atoms with E-state index in [2.05, 4.69) is 10.3 Å². The number of rotatable bonds is 1. The van der Waals surface area contributed by atoms with Gasteiger partial charge in [-0.25, -0.2) is 0 Å². The predicted octanol–water partition coefficient (Wildman–Crippen LogP) is 1.44. The lowest BCUT2D eigenvalue weighted by Crippen LogP contribution is -2.09. The maximum absolute atomic E-state index is 10.7. The first-order chi connectivity index (χ1) is 5.34. The summed E-state index contributed by atoms with van der Waals surface area (Å²) in [5.74, 6) is 0. The molecule has 0 radical (unpaired) electrons. The highest BCUT2D eigenvalue weighted by Crippen LogP contribution is 1.91. The van der Waals surface area contributed by atoms with Crippen LogP contribution in [0, 0.1) is 0 Å². The lowest BCUT2D eigenvalue weighted by molar-refractivity contribution is 1.23. The van der Waals surface area contributed by atoms with Crippen molar-refractivity contribution >= 4 is 5.69 Å². The van der Waals surface area contributed by atoms with E-state index in [0.717, 1.165) is 0 Å². The summed E-state index contributed by atoms with van der Waals surface area (Å²) in [6.45, 7) is 4.00. The van der Waals surface area contributed by atoms with Gasteiger partial charge in [-0.2, -0.15) is 0 Å². The molecule has 0 aliphatic rings. The number of hydrogen-bond donors (Lipinski definition) is 2. The number of H-pyrrole nitrogens is 1. The highest BCUT2D eigenvalue weighted by atomic mass is 16.1. The third kappa shape index (κ3) is 2.89. The lowest BCUT2D eigenvalue weighted by Gasteiger charge is -1.93. The fourth-order valence-electron chi connectivity index (χ4n) is 0.618. The number of anilines is 1. The van der Waals surface area contributed by atoms with Crippen LogP contribution in [0.25, 0.3) is 0 Å². The Kier molecular flexibility index (Phi) is 4.90. The van der Waals surface area contributed by atoms with Crippen molar-refractivity contribution in [3.63, 3.8) is 0 Å². The molecule has 0 saturated heterocycles. The molecule has 0 unspecified atom stereocenters. The predicted molar refractivity (Wildman–Crippen MR) is 48.0 cm³/mol. The summed E-state index contributed by atoms with van der Waals surface area (Å²) in [5, 5.41) is 2.75. The average Bonchev–Trinajstić information content (AvgIpc) is 2.09. The van der Waals surface area contributed by atoms with Gasteiger partial charge in [0.1, 0.15) is 5.69 Å². The van der Waals surface area contributed by atoms with Gasteiger partial charge in [-0.1, -0.05) is 13.8 Å². The van der Waals surface area contributed by atoms with Crippen LogP contribution in [-0.2, 0) is 0 Å². The number of nitrogens with one attached hydrogen (secondary N) is 2. The molecule has 0 aliphatic carbocycles. The van der Waals surface area contributed by atoms with Crippen LogP contribution in [0.15, 0.2) is 23.1 Å². The molecule has 0 atom stereocenters.